The summed E-state index contributed by atoms with van der Waals surface area (Å²) in [4.78, 5) is 50.2. The minimum atomic E-state index is -4.69. The van der Waals surface area contributed by atoms with E-state index in [0.29, 0.717) is 31.7 Å². The number of anilines is 1. The highest BCUT2D eigenvalue weighted by molar-refractivity contribution is 6.07. The molecule has 178 valence electrons. The first-order valence-corrected chi connectivity index (χ1v) is 10.5. The normalized spacial score (nSPS) is 25.7. The van der Waals surface area contributed by atoms with Crippen LogP contribution < -0.4 is 15.5 Å². The molecule has 4 rings (SSSR count). The predicted octanol–water partition coefficient (Wildman–Crippen LogP) is 2.03. The minimum absolute atomic E-state index is 0.0858. The number of benzene rings is 1. The molecule has 0 unspecified atom stereocenters. The molecule has 2 aliphatic heterocycles. The van der Waals surface area contributed by atoms with Crippen LogP contribution in [-0.2, 0) is 15.8 Å². The molecule has 1 aromatic rings. The van der Waals surface area contributed by atoms with Gasteiger partial charge in [0.25, 0.3) is 11.6 Å². The van der Waals surface area contributed by atoms with Crippen molar-refractivity contribution in [1.29, 1.82) is 0 Å². The van der Waals surface area contributed by atoms with Crippen LogP contribution in [0.4, 0.5) is 29.3 Å². The fourth-order valence-electron chi connectivity index (χ4n) is 4.78. The maximum atomic E-state index is 13.0. The summed E-state index contributed by atoms with van der Waals surface area (Å²) < 4.78 is 38.8. The van der Waals surface area contributed by atoms with Crippen LogP contribution in [0.2, 0.25) is 0 Å². The highest BCUT2D eigenvalue weighted by atomic mass is 19.4. The molecule has 4 amide bonds. The van der Waals surface area contributed by atoms with E-state index < -0.39 is 33.9 Å². The van der Waals surface area contributed by atoms with Gasteiger partial charge in [-0.05, 0) is 37.8 Å². The van der Waals surface area contributed by atoms with Gasteiger partial charge in [0.1, 0.15) is 11.2 Å². The second-order valence-corrected chi connectivity index (χ2v) is 8.54. The lowest BCUT2D eigenvalue weighted by Gasteiger charge is -2.40. The Hall–Kier alpha value is -3.38. The van der Waals surface area contributed by atoms with Crippen molar-refractivity contribution in [1.82, 2.24) is 15.5 Å². The summed E-state index contributed by atoms with van der Waals surface area (Å²) in [5.74, 6) is -0.755. The van der Waals surface area contributed by atoms with Crippen LogP contribution in [0.1, 0.15) is 31.2 Å². The molecule has 1 aromatic carbocycles. The van der Waals surface area contributed by atoms with Gasteiger partial charge in [-0.15, -0.1) is 0 Å². The monoisotopic (exact) mass is 469 g/mol. The summed E-state index contributed by atoms with van der Waals surface area (Å²) >= 11 is 0. The third-order valence-electron chi connectivity index (χ3n) is 6.63. The van der Waals surface area contributed by atoms with Crippen LogP contribution in [0.5, 0.6) is 0 Å². The van der Waals surface area contributed by atoms with Crippen molar-refractivity contribution in [2.24, 2.45) is 5.92 Å². The lowest BCUT2D eigenvalue weighted by molar-refractivity contribution is -0.384. The van der Waals surface area contributed by atoms with Gasteiger partial charge in [-0.2, -0.15) is 13.2 Å². The molecule has 3 aliphatic rings. The van der Waals surface area contributed by atoms with Crippen molar-refractivity contribution in [3.8, 4) is 0 Å². The number of urea groups is 1. The Kier molecular flexibility index (Phi) is 5.66. The van der Waals surface area contributed by atoms with Gasteiger partial charge in [0.15, 0.2) is 0 Å². The van der Waals surface area contributed by atoms with E-state index in [0.717, 1.165) is 12.1 Å². The van der Waals surface area contributed by atoms with E-state index in [4.69, 9.17) is 0 Å². The topological polar surface area (TPSA) is 125 Å². The number of halogens is 3. The first-order chi connectivity index (χ1) is 15.5. The Morgan fingerprint density at radius 1 is 1.12 bits per heavy atom. The molecule has 33 heavy (non-hydrogen) atoms. The molecule has 13 heteroatoms. The molecule has 1 saturated carbocycles. The smallest absolute Gasteiger partial charge is 0.362 e. The van der Waals surface area contributed by atoms with Crippen LogP contribution in [-0.4, -0.2) is 59.4 Å². The number of rotatable bonds is 3. The van der Waals surface area contributed by atoms with Gasteiger partial charge in [0.05, 0.1) is 10.5 Å². The third-order valence-corrected chi connectivity index (χ3v) is 6.63. The quantitative estimate of drug-likeness (QED) is 0.397. The Bertz CT molecular complexity index is 998. The summed E-state index contributed by atoms with van der Waals surface area (Å²) in [5, 5.41) is 16.2. The second-order valence-electron chi connectivity index (χ2n) is 8.54. The van der Waals surface area contributed by atoms with Crippen molar-refractivity contribution in [3.63, 3.8) is 0 Å². The standard InChI is InChI=1S/C20H22F3N5O5/c21-20(22,23)13-1-2-14(15(11-13)28(32)33)26-7-9-27(10-8-26)16(29)12-3-5-19(6-4-12)17(30)24-18(31)25-19/h1-2,11-12H,3-10H2,(H2,24,25,30,31). The maximum Gasteiger partial charge on any atom is 0.416 e. The number of carbonyl (C=O) groups excluding carboxylic acids is 3. The number of amides is 4. The minimum Gasteiger partial charge on any atom is -0.362 e. The van der Waals surface area contributed by atoms with Gasteiger partial charge in [0, 0.05) is 38.2 Å². The van der Waals surface area contributed by atoms with Gasteiger partial charge in [-0.1, -0.05) is 0 Å². The Balaban J connectivity index is 1.37. The molecule has 3 fully saturated rings. The summed E-state index contributed by atoms with van der Waals surface area (Å²) in [5.41, 5.74) is -2.58. The summed E-state index contributed by atoms with van der Waals surface area (Å²) in [6.45, 7) is 1.03. The zero-order chi connectivity index (χ0) is 24.0. The molecule has 0 bridgehead atoms. The highest BCUT2D eigenvalue weighted by Crippen LogP contribution is 2.38. The van der Waals surface area contributed by atoms with Crippen LogP contribution in [0.15, 0.2) is 18.2 Å². The molecule has 2 saturated heterocycles. The fourth-order valence-corrected chi connectivity index (χ4v) is 4.78. The lowest BCUT2D eigenvalue weighted by atomic mass is 9.76. The maximum absolute atomic E-state index is 13.0. The van der Waals surface area contributed by atoms with E-state index in [1.165, 1.54) is 0 Å². The molecular weight excluding hydrogens is 447 g/mol. The van der Waals surface area contributed by atoms with Crippen molar-refractivity contribution < 1.29 is 32.5 Å². The van der Waals surface area contributed by atoms with Crippen LogP contribution in [0, 0.1) is 16.0 Å². The van der Waals surface area contributed by atoms with Crippen molar-refractivity contribution in [2.45, 2.75) is 37.4 Å². The summed E-state index contributed by atoms with van der Waals surface area (Å²) in [6.07, 6.45) is -3.08. The van der Waals surface area contributed by atoms with E-state index in [2.05, 4.69) is 10.6 Å². The average Bonchev–Trinajstić information content (AvgIpc) is 3.05. The van der Waals surface area contributed by atoms with E-state index in [1.807, 2.05) is 0 Å². The average molecular weight is 469 g/mol. The first kappa shape index (κ1) is 22.8. The number of alkyl halides is 3. The van der Waals surface area contributed by atoms with E-state index in [-0.39, 0.29) is 49.6 Å². The number of hydrogen-bond acceptors (Lipinski definition) is 6. The van der Waals surface area contributed by atoms with Gasteiger partial charge < -0.3 is 15.1 Å². The summed E-state index contributed by atoms with van der Waals surface area (Å²) in [7, 11) is 0. The molecule has 0 atom stereocenters. The van der Waals surface area contributed by atoms with E-state index in [9.17, 15) is 37.7 Å². The molecule has 0 radical (unpaired) electrons. The van der Waals surface area contributed by atoms with Crippen LogP contribution in [0.3, 0.4) is 0 Å². The fraction of sp³-hybridized carbons (Fsp3) is 0.550. The zero-order valence-electron chi connectivity index (χ0n) is 17.5. The van der Waals surface area contributed by atoms with Crippen LogP contribution in [0.25, 0.3) is 0 Å². The third kappa shape index (κ3) is 4.31. The SMILES string of the molecule is O=C1NC(=O)C2(CCC(C(=O)N3CCN(c4ccc(C(F)(F)F)cc4[N+](=O)[O-])CC3)CC2)N1. The molecule has 1 aliphatic carbocycles. The summed E-state index contributed by atoms with van der Waals surface area (Å²) in [6, 6.07) is 1.91. The van der Waals surface area contributed by atoms with Gasteiger partial charge in [-0.25, -0.2) is 4.79 Å². The van der Waals surface area contributed by atoms with Gasteiger partial charge in [-0.3, -0.25) is 25.0 Å². The van der Waals surface area contributed by atoms with Crippen molar-refractivity contribution in [3.05, 3.63) is 33.9 Å². The largest absolute Gasteiger partial charge is 0.416 e. The van der Waals surface area contributed by atoms with Crippen molar-refractivity contribution >= 4 is 29.2 Å². The first-order valence-electron chi connectivity index (χ1n) is 10.5. The predicted molar refractivity (Wildman–Crippen MR) is 108 cm³/mol. The number of carbonyl (C=O) groups is 3. The molecule has 10 nitrogen and oxygen atoms in total. The highest BCUT2D eigenvalue weighted by Gasteiger charge is 2.49. The molecule has 0 aromatic heterocycles. The number of nitrogens with zero attached hydrogens (tertiary/aromatic N) is 3. The number of nitro benzene ring substituents is 1. The Morgan fingerprint density at radius 2 is 1.76 bits per heavy atom. The molecule has 1 spiro atoms. The van der Waals surface area contributed by atoms with E-state index >= 15 is 0 Å². The van der Waals surface area contributed by atoms with Crippen molar-refractivity contribution in [2.75, 3.05) is 31.1 Å². The van der Waals surface area contributed by atoms with Gasteiger partial charge in [0.2, 0.25) is 5.91 Å². The molecule has 2 N–H and O–H groups in total. The second kappa shape index (κ2) is 8.19. The van der Waals surface area contributed by atoms with E-state index in [1.54, 1.807) is 9.80 Å². The zero-order valence-corrected chi connectivity index (χ0v) is 17.5. The molecular formula is C20H22F3N5O5. The Morgan fingerprint density at radius 3 is 2.27 bits per heavy atom. The Labute approximate surface area is 186 Å². The number of piperazine rings is 1. The van der Waals surface area contributed by atoms with Crippen LogP contribution >= 0.6 is 0 Å². The number of imide groups is 1. The number of hydrogen-bond donors (Lipinski definition) is 2. The molecule has 2 heterocycles. The lowest BCUT2D eigenvalue weighted by Crippen LogP contribution is -2.53. The van der Waals surface area contributed by atoms with Gasteiger partial charge >= 0.3 is 12.2 Å². The number of nitrogens with one attached hydrogen (secondary N) is 2. The number of nitro groups is 1.